The van der Waals surface area contributed by atoms with E-state index in [2.05, 4.69) is 5.32 Å². The molecule has 2 radical (unpaired) electrons. The molecule has 10 atom stereocenters. The van der Waals surface area contributed by atoms with Gasteiger partial charge in [-0.05, 0) is 37.8 Å². The zero-order valence-electron chi connectivity index (χ0n) is 25.2. The van der Waals surface area contributed by atoms with Crippen LogP contribution in [0.25, 0.3) is 0 Å². The van der Waals surface area contributed by atoms with Crippen LogP contribution in [0.3, 0.4) is 0 Å². The van der Waals surface area contributed by atoms with Crippen LogP contribution in [0.1, 0.15) is 67.7 Å². The number of esters is 2. The number of aliphatic hydroxyl groups excluding tert-OH is 2. The molecule has 4 aliphatic rings. The third-order valence-electron chi connectivity index (χ3n) is 9.94. The third kappa shape index (κ3) is 6.02. The summed E-state index contributed by atoms with van der Waals surface area (Å²) in [5, 5.41) is 49.0. The molecule has 1 saturated heterocycles. The maximum atomic E-state index is 14.1. The standard InChI is InChI=1S/C28H41NO11.2Ac/c1-12-16(40-24(35)19(32)13(2)29-14(3)30)10-28(37)23(39-15(4)31)21-26(7,9-8-17-27(21,36)11-38-17)22(34)20(33)18(12)25(28,5)6;;/h13,16-17,19-21,23,32-33,36-37H,8-11H2,1-7H3,(H,29,30);;/t13-,16?,17+,19+,20+,21-,23-,26+,27-,28+;;/m0../s1. The quantitative estimate of drug-likeness (QED) is 0.180. The van der Waals surface area contributed by atoms with Gasteiger partial charge in [0.1, 0.15) is 29.5 Å². The molecule has 5 N–H and O–H groups in total. The number of aliphatic hydroxyl groups is 4. The molecule has 1 amide bonds. The zero-order valence-corrected chi connectivity index (χ0v) is 34.7. The molecule has 1 unspecified atom stereocenters. The molecule has 4 rings (SSSR count). The average molecular weight is 1020 g/mol. The fourth-order valence-electron chi connectivity index (χ4n) is 7.63. The molecule has 2 saturated carbocycles. The monoisotopic (exact) mass is 1020 g/mol. The largest absolute Gasteiger partial charge is 0.459 e. The second-order valence-electron chi connectivity index (χ2n) is 12.7. The van der Waals surface area contributed by atoms with E-state index in [1.54, 1.807) is 27.7 Å². The van der Waals surface area contributed by atoms with Crippen LogP contribution in [-0.4, -0.2) is 98.4 Å². The van der Waals surface area contributed by atoms with Crippen molar-refractivity contribution in [3.8, 4) is 0 Å². The van der Waals surface area contributed by atoms with Crippen molar-refractivity contribution in [2.24, 2.45) is 16.7 Å². The summed E-state index contributed by atoms with van der Waals surface area (Å²) in [4.78, 5) is 51.0. The Kier molecular flexibility index (Phi) is 12.3. The van der Waals surface area contributed by atoms with Crippen LogP contribution in [0.5, 0.6) is 0 Å². The number of fused-ring (bicyclic) bond motifs is 5. The first-order chi connectivity index (χ1) is 18.3. The van der Waals surface area contributed by atoms with E-state index < -0.39 is 88.1 Å². The number of hydrogen-bond donors (Lipinski definition) is 5. The Morgan fingerprint density at radius 2 is 1.69 bits per heavy atom. The summed E-state index contributed by atoms with van der Waals surface area (Å²) in [6.07, 6.45) is -6.59. The van der Waals surface area contributed by atoms with Gasteiger partial charge in [0.05, 0.1) is 18.8 Å². The Morgan fingerprint density at radius 3 is 2.19 bits per heavy atom. The Balaban J connectivity index is 0.00000308. The van der Waals surface area contributed by atoms with Crippen LogP contribution < -0.4 is 5.32 Å². The number of amides is 1. The predicted octanol–water partition coefficient (Wildman–Crippen LogP) is -0.317. The first-order valence-electron chi connectivity index (χ1n) is 13.7. The summed E-state index contributed by atoms with van der Waals surface area (Å²) in [5.74, 6) is -4.07. The molecular weight excluding hydrogens is 980 g/mol. The van der Waals surface area contributed by atoms with Crippen LogP contribution in [0.4, 0.5) is 0 Å². The normalized spacial score (nSPS) is 39.7. The van der Waals surface area contributed by atoms with Gasteiger partial charge in [-0.15, -0.1) is 0 Å². The molecule has 0 spiro atoms. The number of nitrogens with one attached hydrogen (secondary N) is 1. The van der Waals surface area contributed by atoms with Crippen molar-refractivity contribution in [2.75, 3.05) is 6.61 Å². The molecule has 14 heteroatoms. The Labute approximate surface area is 317 Å². The first-order valence-corrected chi connectivity index (χ1v) is 13.7. The van der Waals surface area contributed by atoms with Gasteiger partial charge in [0.2, 0.25) is 5.91 Å². The first kappa shape index (κ1) is 38.7. The minimum absolute atomic E-state index is 0. The molecule has 0 aromatic heterocycles. The minimum Gasteiger partial charge on any atom is -0.459 e. The van der Waals surface area contributed by atoms with Crippen molar-refractivity contribution in [1.29, 1.82) is 0 Å². The van der Waals surface area contributed by atoms with Gasteiger partial charge in [0, 0.05) is 125 Å². The molecule has 12 nitrogen and oxygen atoms in total. The summed E-state index contributed by atoms with van der Waals surface area (Å²) in [6.45, 7) is 10.0. The van der Waals surface area contributed by atoms with Gasteiger partial charge in [-0.25, -0.2) is 4.79 Å². The molecule has 1 heterocycles. The molecule has 0 aromatic carbocycles. The number of ether oxygens (including phenoxy) is 3. The molecule has 3 fully saturated rings. The van der Waals surface area contributed by atoms with Crippen LogP contribution in [0, 0.1) is 105 Å². The molecule has 2 bridgehead atoms. The van der Waals surface area contributed by atoms with Gasteiger partial charge < -0.3 is 40.0 Å². The summed E-state index contributed by atoms with van der Waals surface area (Å²) in [5.41, 5.74) is -6.04. The Morgan fingerprint density at radius 1 is 1.10 bits per heavy atom. The molecule has 3 aliphatic carbocycles. The van der Waals surface area contributed by atoms with Gasteiger partial charge >= 0.3 is 11.9 Å². The van der Waals surface area contributed by atoms with E-state index in [0.29, 0.717) is 12.0 Å². The number of rotatable bonds is 5. The number of carbonyl (C=O) groups excluding carboxylic acids is 4. The van der Waals surface area contributed by atoms with Gasteiger partial charge in [-0.2, -0.15) is 0 Å². The SMILES string of the molecule is CC(=O)N[C@@H](C)[C@@H](O)C(=O)OC1C[C@@]2(O)[C@@H](OC(C)=O)[C@@H]3[C@]4(O)CO[C@@H]4CC[C@@]3(C)C(=O)[C@H](O)C(=C1C)C2(C)C.[Ac].[Ac]. The molecular formula is C28H41Ac2NO11. The maximum absolute atomic E-state index is 14.1. The summed E-state index contributed by atoms with van der Waals surface area (Å²) in [7, 11) is 0. The molecule has 230 valence electrons. The van der Waals surface area contributed by atoms with Crippen LogP contribution in [0.2, 0.25) is 0 Å². The van der Waals surface area contributed by atoms with E-state index >= 15 is 0 Å². The number of ketones is 1. The summed E-state index contributed by atoms with van der Waals surface area (Å²) < 4.78 is 17.0. The second kappa shape index (κ2) is 13.3. The van der Waals surface area contributed by atoms with Crippen LogP contribution >= 0.6 is 0 Å². The molecule has 42 heavy (non-hydrogen) atoms. The predicted molar refractivity (Wildman–Crippen MR) is 137 cm³/mol. The van der Waals surface area contributed by atoms with E-state index in [1.165, 1.54) is 13.8 Å². The fraction of sp³-hybridized carbons (Fsp3) is 0.786. The number of Topliss-reactive ketones (excluding diaryl/α,β-unsaturated/α-hetero) is 1. The van der Waals surface area contributed by atoms with Gasteiger partial charge in [-0.3, -0.25) is 14.4 Å². The maximum Gasteiger partial charge on any atom is 0.337 e. The second-order valence-corrected chi connectivity index (χ2v) is 12.7. The van der Waals surface area contributed by atoms with E-state index in [4.69, 9.17) is 14.2 Å². The van der Waals surface area contributed by atoms with E-state index in [1.807, 2.05) is 0 Å². The summed E-state index contributed by atoms with van der Waals surface area (Å²) >= 11 is 0. The fourth-order valence-corrected chi connectivity index (χ4v) is 7.63. The molecule has 0 aromatic rings. The van der Waals surface area contributed by atoms with E-state index in [9.17, 15) is 39.6 Å². The van der Waals surface area contributed by atoms with Gasteiger partial charge in [0.25, 0.3) is 0 Å². The van der Waals surface area contributed by atoms with Crippen LogP contribution in [0.15, 0.2) is 11.1 Å². The van der Waals surface area contributed by atoms with Crippen molar-refractivity contribution in [1.82, 2.24) is 5.32 Å². The smallest absolute Gasteiger partial charge is 0.337 e. The zero-order chi connectivity index (χ0) is 30.2. The van der Waals surface area contributed by atoms with E-state index in [0.717, 1.165) is 6.92 Å². The van der Waals surface area contributed by atoms with Gasteiger partial charge in [-0.1, -0.05) is 20.8 Å². The van der Waals surface area contributed by atoms with Crippen molar-refractivity contribution in [3.63, 3.8) is 0 Å². The number of carbonyl (C=O) groups is 4. The Bertz CT molecular complexity index is 1160. The minimum atomic E-state index is -2.05. The number of hydrogen-bond acceptors (Lipinski definition) is 11. The van der Waals surface area contributed by atoms with Crippen molar-refractivity contribution in [2.45, 2.75) is 115 Å². The Hall–Kier alpha value is 0.503. The average Bonchev–Trinajstić information content (AvgIpc) is 2.83. The third-order valence-corrected chi connectivity index (χ3v) is 9.94. The van der Waals surface area contributed by atoms with Crippen molar-refractivity contribution < 1.29 is 142 Å². The van der Waals surface area contributed by atoms with Gasteiger partial charge in [0.15, 0.2) is 11.9 Å². The van der Waals surface area contributed by atoms with E-state index in [-0.39, 0.29) is 113 Å². The van der Waals surface area contributed by atoms with Crippen LogP contribution in [-0.2, 0) is 33.4 Å². The van der Waals surface area contributed by atoms with Crippen molar-refractivity contribution >= 4 is 23.6 Å². The van der Waals surface area contributed by atoms with Crippen molar-refractivity contribution in [3.05, 3.63) is 11.1 Å². The molecule has 1 aliphatic heterocycles. The summed E-state index contributed by atoms with van der Waals surface area (Å²) in [6, 6.07) is -0.986. The topological polar surface area (TPSA) is 189 Å².